The van der Waals surface area contributed by atoms with Crippen molar-refractivity contribution in [2.45, 2.75) is 296 Å². The predicted molar refractivity (Wildman–Crippen MR) is 352 cm³/mol. The molecule has 13 heteroatoms. The van der Waals surface area contributed by atoms with E-state index in [0.717, 1.165) is 56.8 Å². The average Bonchev–Trinajstić information content (AvgIpc) is 3.50. The normalized spacial score (nSPS) is 14.8. The largest absolute Gasteiger partial charge is 2.00 e. The first-order chi connectivity index (χ1) is 40.0. The molecule has 0 amide bonds. The van der Waals surface area contributed by atoms with E-state index in [1.54, 1.807) is 24.3 Å². The molecular weight excluding hydrogens is 1100 g/mol. The second kappa shape index (κ2) is 43.7. The molecule has 0 spiro atoms. The van der Waals surface area contributed by atoms with Crippen LogP contribution in [0.3, 0.4) is 0 Å². The monoisotopic (exact) mass is 1210 g/mol. The Hall–Kier alpha value is -2.84. The Morgan fingerprint density at radius 2 is 0.506 bits per heavy atom. The molecule has 0 fully saturated rings. The Labute approximate surface area is 537 Å². The Balaban J connectivity index is 0.000000352. The van der Waals surface area contributed by atoms with Crippen LogP contribution in [-0.2, 0) is 33.7 Å². The third-order valence-electron chi connectivity index (χ3n) is 17.1. The van der Waals surface area contributed by atoms with E-state index in [-0.39, 0.29) is 37.7 Å². The number of anilines is 4. The molecule has 2 aliphatic heterocycles. The van der Waals surface area contributed by atoms with Crippen molar-refractivity contribution < 1.29 is 25.9 Å². The molecule has 6 rings (SSSR count). The quantitative estimate of drug-likeness (QED) is 0.0243. The smallest absolute Gasteiger partial charge is 0.731 e. The van der Waals surface area contributed by atoms with Crippen LogP contribution in [-0.4, -0.2) is 76.0 Å². The van der Waals surface area contributed by atoms with Gasteiger partial charge in [0.05, 0.1) is 22.7 Å². The van der Waals surface area contributed by atoms with Crippen molar-refractivity contribution in [1.29, 1.82) is 0 Å². The third-order valence-corrected chi connectivity index (χ3v) is 19.0. The van der Waals surface area contributed by atoms with Gasteiger partial charge in [-0.05, 0) is 61.1 Å². The van der Waals surface area contributed by atoms with E-state index in [0.29, 0.717) is 37.3 Å². The fourth-order valence-corrected chi connectivity index (χ4v) is 14.3. The summed E-state index contributed by atoms with van der Waals surface area (Å²) < 4.78 is 76.3. The van der Waals surface area contributed by atoms with Gasteiger partial charge in [-0.25, -0.2) is 16.8 Å². The molecule has 10 nitrogen and oxygen atoms in total. The van der Waals surface area contributed by atoms with Crippen LogP contribution >= 0.6 is 0 Å². The number of para-hydroxylation sites is 4. The zero-order valence-electron chi connectivity index (χ0n) is 52.0. The van der Waals surface area contributed by atoms with E-state index in [1.807, 2.05) is 84.9 Å². The van der Waals surface area contributed by atoms with E-state index < -0.39 is 32.9 Å². The number of rotatable bonds is 46. The average molecular weight is 1210 g/mol. The van der Waals surface area contributed by atoms with Crippen LogP contribution < -0.4 is 18.4 Å². The summed E-state index contributed by atoms with van der Waals surface area (Å²) in [5, 5.41) is 0. The molecule has 0 aliphatic carbocycles. The van der Waals surface area contributed by atoms with Gasteiger partial charge in [0.25, 0.3) is 0 Å². The predicted octanol–water partition coefficient (Wildman–Crippen LogP) is 19.9. The summed E-state index contributed by atoms with van der Waals surface area (Å²) >= 11 is 0. The fourth-order valence-electron chi connectivity index (χ4n) is 12.5. The molecule has 0 bridgehead atoms. The van der Waals surface area contributed by atoms with Crippen molar-refractivity contribution in [3.05, 3.63) is 120 Å². The number of fused-ring (bicyclic) bond motifs is 2. The second-order valence-corrected chi connectivity index (χ2v) is 26.5. The van der Waals surface area contributed by atoms with Crippen LogP contribution in [0.4, 0.5) is 22.7 Å². The van der Waals surface area contributed by atoms with Crippen LogP contribution in [0.2, 0.25) is 0 Å². The van der Waals surface area contributed by atoms with Gasteiger partial charge in [0, 0.05) is 13.1 Å². The summed E-state index contributed by atoms with van der Waals surface area (Å²) in [5.74, 6) is 0. The van der Waals surface area contributed by atoms with Crippen LogP contribution in [0.1, 0.15) is 282 Å². The number of unbranched alkanes of at least 4 members (excludes halogenated alkanes) is 36. The first-order valence-electron chi connectivity index (χ1n) is 33.3. The molecule has 2 atom stereocenters. The van der Waals surface area contributed by atoms with E-state index in [2.05, 4.69) is 23.6 Å². The zero-order valence-corrected chi connectivity index (χ0v) is 55.8. The molecule has 0 saturated heterocycles. The Morgan fingerprint density at radius 1 is 0.301 bits per heavy atom. The van der Waals surface area contributed by atoms with Crippen LogP contribution in [0, 0.1) is 0 Å². The second-order valence-electron chi connectivity index (χ2n) is 24.0. The maximum atomic E-state index is 12.3. The summed E-state index contributed by atoms with van der Waals surface area (Å²) in [7, 11) is -9.25. The Morgan fingerprint density at radius 3 is 0.735 bits per heavy atom. The third kappa shape index (κ3) is 28.3. The van der Waals surface area contributed by atoms with E-state index in [1.165, 1.54) is 218 Å². The summed E-state index contributed by atoms with van der Waals surface area (Å²) in [5.41, 5.74) is 4.84. The molecule has 2 heterocycles. The number of hydrogen-bond acceptors (Lipinski definition) is 8. The molecule has 2 unspecified atom stereocenters. The summed E-state index contributed by atoms with van der Waals surface area (Å²) in [6.07, 6.45) is 50.8. The molecule has 0 radical (unpaired) electrons. The number of nitrogens with zero attached hydrogens (tertiary/aromatic N) is 4. The van der Waals surface area contributed by atoms with Gasteiger partial charge in [0.2, 0.25) is 0 Å². The molecule has 0 aromatic heterocycles. The zero-order chi connectivity index (χ0) is 58.4. The molecule has 0 N–H and O–H groups in total. The van der Waals surface area contributed by atoms with Crippen molar-refractivity contribution in [1.82, 2.24) is 0 Å². The van der Waals surface area contributed by atoms with E-state index in [9.17, 15) is 25.9 Å². The number of hydrogen-bond donors (Lipinski definition) is 0. The van der Waals surface area contributed by atoms with Gasteiger partial charge in [0.15, 0.2) is 20.6 Å². The minimum absolute atomic E-state index is 0. The van der Waals surface area contributed by atoms with Crippen LogP contribution in [0.25, 0.3) is 0 Å². The van der Waals surface area contributed by atoms with E-state index >= 15 is 0 Å². The van der Waals surface area contributed by atoms with Crippen molar-refractivity contribution in [2.75, 3.05) is 18.4 Å². The standard InChI is InChI=1S/2C35H56N2O3S.Ca/c2*1-2-3-4-5-6-7-8-9-10-11-12-13-14-15-16-17-18-19-23-30-35-36(31-32-26-21-20-22-27-32)33-28-24-25-29-34(33)37(35)41(38,39)40;/h2*20-22,24-29,35H,2-19,23,30-31H2,1H3,(H,38,39,40);/q;;+2/p-2. The van der Waals surface area contributed by atoms with Gasteiger partial charge < -0.3 is 18.9 Å². The van der Waals surface area contributed by atoms with Gasteiger partial charge >= 0.3 is 37.7 Å². The molecule has 83 heavy (non-hydrogen) atoms. The Bertz CT molecular complexity index is 2300. The van der Waals surface area contributed by atoms with Gasteiger partial charge in [-0.1, -0.05) is 330 Å². The van der Waals surface area contributed by atoms with Crippen LogP contribution in [0.15, 0.2) is 109 Å². The van der Waals surface area contributed by atoms with Crippen molar-refractivity contribution in [3.8, 4) is 0 Å². The maximum absolute atomic E-state index is 12.3. The topological polar surface area (TPSA) is 127 Å². The van der Waals surface area contributed by atoms with E-state index in [4.69, 9.17) is 0 Å². The summed E-state index contributed by atoms with van der Waals surface area (Å²) in [6, 6.07) is 34.9. The summed E-state index contributed by atoms with van der Waals surface area (Å²) in [6.45, 7) is 5.72. The minimum atomic E-state index is -4.62. The van der Waals surface area contributed by atoms with Crippen molar-refractivity contribution in [3.63, 3.8) is 0 Å². The molecular formula is C70H110CaN4O6S2. The molecule has 460 valence electrons. The SMILES string of the molecule is CCCCCCCCCCCCCCCCCCCCCC1N(Cc2ccccc2)c2ccccc2N1S(=O)(=O)[O-].CCCCCCCCCCCCCCCCCCCCCC1N(Cc2ccccc2)c2ccccc2N1S(=O)(=O)[O-].[Ca+2]. The molecule has 4 aromatic carbocycles. The number of benzene rings is 4. The molecule has 0 saturated carbocycles. The minimum Gasteiger partial charge on any atom is -0.731 e. The molecule has 4 aromatic rings. The maximum Gasteiger partial charge on any atom is 2.00 e. The first kappa shape index (κ1) is 72.6. The Kier molecular flexibility index (Phi) is 38.3. The van der Waals surface area contributed by atoms with Crippen LogP contribution in [0.5, 0.6) is 0 Å². The van der Waals surface area contributed by atoms with Gasteiger partial charge in [0.1, 0.15) is 12.3 Å². The molecule has 2 aliphatic rings. The fraction of sp³-hybridized carbons (Fsp3) is 0.657. The summed E-state index contributed by atoms with van der Waals surface area (Å²) in [4.78, 5) is 4.18. The van der Waals surface area contributed by atoms with Crippen molar-refractivity contribution >= 4 is 81.1 Å². The van der Waals surface area contributed by atoms with Crippen molar-refractivity contribution in [2.24, 2.45) is 0 Å². The van der Waals surface area contributed by atoms with Gasteiger partial charge in [-0.15, -0.1) is 0 Å². The van der Waals surface area contributed by atoms with Gasteiger partial charge in [-0.2, -0.15) is 0 Å². The van der Waals surface area contributed by atoms with Gasteiger partial charge in [-0.3, -0.25) is 8.61 Å². The first-order valence-corrected chi connectivity index (χ1v) is 36.1.